The molecule has 268 valence electrons. The molecule has 2 aromatic carbocycles. The molecule has 6 rings (SSSR count). The Morgan fingerprint density at radius 2 is 1.66 bits per heavy atom. The number of aromatic nitrogens is 4. The zero-order valence-electron chi connectivity index (χ0n) is 29.5. The highest BCUT2D eigenvalue weighted by atomic mass is 19.4. The number of carbonyl (C=O) groups excluding carboxylic acids is 1. The van der Waals surface area contributed by atoms with Gasteiger partial charge >= 0.3 is 18.3 Å². The van der Waals surface area contributed by atoms with Gasteiger partial charge in [-0.05, 0) is 84.5 Å². The maximum Gasteiger partial charge on any atom is 0.450 e. The van der Waals surface area contributed by atoms with E-state index in [2.05, 4.69) is 19.9 Å². The number of aryl methyl sites for hydroxylation is 1. The number of likely N-dealkylation sites (tertiary alicyclic amines) is 1. The molecular weight excluding hydrogens is 651 g/mol. The molecule has 0 aliphatic carbocycles. The van der Waals surface area contributed by atoms with E-state index in [1.165, 1.54) is 6.07 Å². The maximum atomic E-state index is 15.1. The van der Waals surface area contributed by atoms with Gasteiger partial charge in [-0.25, -0.2) is 9.78 Å². The van der Waals surface area contributed by atoms with Crippen LogP contribution in [0.15, 0.2) is 41.2 Å². The second-order valence-electron chi connectivity index (χ2n) is 14.3. The number of rotatable bonds is 6. The number of likely N-dealkylation sites (N-methyl/N-ethyl adjacent to an activating group) is 1. The Bertz CT molecular complexity index is 1960. The van der Waals surface area contributed by atoms with Crippen LogP contribution in [-0.2, 0) is 17.3 Å². The lowest BCUT2D eigenvalue weighted by molar-refractivity contribution is -0.146. The molecule has 2 aromatic heterocycles. The van der Waals surface area contributed by atoms with E-state index in [0.29, 0.717) is 21.8 Å². The van der Waals surface area contributed by atoms with Crippen molar-refractivity contribution in [2.24, 2.45) is 0 Å². The van der Waals surface area contributed by atoms with Gasteiger partial charge < -0.3 is 24.2 Å². The monoisotopic (exact) mass is 695 g/mol. The quantitative estimate of drug-likeness (QED) is 0.233. The average molecular weight is 696 g/mol. The molecule has 2 saturated heterocycles. The Morgan fingerprint density at radius 1 is 0.980 bits per heavy atom. The second kappa shape index (κ2) is 13.3. The van der Waals surface area contributed by atoms with Gasteiger partial charge in [0.15, 0.2) is 11.3 Å². The number of halogens is 3. The molecule has 0 N–H and O–H groups in total. The van der Waals surface area contributed by atoms with Crippen molar-refractivity contribution in [3.63, 3.8) is 0 Å². The van der Waals surface area contributed by atoms with Crippen molar-refractivity contribution >= 4 is 33.7 Å². The highest BCUT2D eigenvalue weighted by Crippen LogP contribution is 2.36. The first-order chi connectivity index (χ1) is 23.6. The smallest absolute Gasteiger partial charge is 0.450 e. The predicted molar refractivity (Wildman–Crippen MR) is 185 cm³/mol. The summed E-state index contributed by atoms with van der Waals surface area (Å²) in [6, 6.07) is 9.49. The Morgan fingerprint density at radius 3 is 2.26 bits per heavy atom. The molecule has 4 heterocycles. The minimum absolute atomic E-state index is 0.0375. The van der Waals surface area contributed by atoms with Gasteiger partial charge in [0.2, 0.25) is 5.82 Å². The van der Waals surface area contributed by atoms with E-state index in [9.17, 15) is 9.59 Å². The minimum atomic E-state index is -5.01. The fourth-order valence-corrected chi connectivity index (χ4v) is 7.15. The molecule has 0 bridgehead atoms. The van der Waals surface area contributed by atoms with Crippen LogP contribution < -0.4 is 15.2 Å². The van der Waals surface area contributed by atoms with Crippen LogP contribution in [0.5, 0.6) is 6.01 Å². The van der Waals surface area contributed by atoms with E-state index in [0.717, 1.165) is 24.9 Å². The van der Waals surface area contributed by atoms with Gasteiger partial charge in [0.05, 0.1) is 5.69 Å². The summed E-state index contributed by atoms with van der Waals surface area (Å²) in [7, 11) is 2.00. The van der Waals surface area contributed by atoms with Crippen LogP contribution in [0.3, 0.4) is 0 Å². The number of nitrogens with zero attached hydrogens (tertiary/aromatic N) is 7. The van der Waals surface area contributed by atoms with E-state index in [1.54, 1.807) is 48.8 Å². The van der Waals surface area contributed by atoms with E-state index in [1.807, 2.05) is 40.0 Å². The molecule has 14 heteroatoms. The number of alkyl halides is 3. The Hall–Kier alpha value is -4.46. The van der Waals surface area contributed by atoms with Gasteiger partial charge in [0, 0.05) is 36.6 Å². The van der Waals surface area contributed by atoms with Crippen LogP contribution >= 0.6 is 0 Å². The number of hydrogen-bond acceptors (Lipinski definition) is 9. The van der Waals surface area contributed by atoms with Crippen molar-refractivity contribution in [1.82, 2.24) is 29.3 Å². The molecule has 1 amide bonds. The third-order valence-corrected chi connectivity index (χ3v) is 9.42. The van der Waals surface area contributed by atoms with E-state index in [4.69, 9.17) is 9.47 Å². The van der Waals surface area contributed by atoms with Crippen LogP contribution in [0.4, 0.5) is 23.8 Å². The molecule has 11 nitrogen and oxygen atoms in total. The summed E-state index contributed by atoms with van der Waals surface area (Å²) in [5.41, 5.74) is -1.42. The van der Waals surface area contributed by atoms with Crippen molar-refractivity contribution < 1.29 is 27.4 Å². The maximum absolute atomic E-state index is 15.1. The molecule has 50 heavy (non-hydrogen) atoms. The minimum Gasteiger partial charge on any atom is -0.462 e. The van der Waals surface area contributed by atoms with Crippen molar-refractivity contribution in [3.8, 4) is 11.7 Å². The molecule has 2 aliphatic rings. The summed E-state index contributed by atoms with van der Waals surface area (Å²) in [6.07, 6.45) is -3.05. The molecular formula is C36H44F3N7O4. The average Bonchev–Trinajstić information content (AvgIpc) is 3.46. The lowest BCUT2D eigenvalue weighted by atomic mass is 10.0. The number of ether oxygens (including phenoxy) is 2. The molecule has 0 unspecified atom stereocenters. The fraction of sp³-hybridized carbons (Fsp3) is 0.528. The zero-order chi connectivity index (χ0) is 36.1. The number of benzene rings is 2. The molecule has 2 aliphatic heterocycles. The van der Waals surface area contributed by atoms with Gasteiger partial charge in [-0.3, -0.25) is 9.36 Å². The van der Waals surface area contributed by atoms with Crippen LogP contribution in [0.2, 0.25) is 0 Å². The summed E-state index contributed by atoms with van der Waals surface area (Å²) in [5, 5.41) is 1.22. The number of hydrogen-bond donors (Lipinski definition) is 0. The summed E-state index contributed by atoms with van der Waals surface area (Å²) < 4.78 is 57.6. The topological polar surface area (TPSA) is 106 Å². The fourth-order valence-electron chi connectivity index (χ4n) is 7.15. The number of carbonyl (C=O) groups is 1. The normalized spacial score (nSPS) is 20.6. The summed E-state index contributed by atoms with van der Waals surface area (Å²) >= 11 is 0. The molecule has 3 atom stereocenters. The number of anilines is 1. The zero-order valence-corrected chi connectivity index (χ0v) is 29.5. The Balaban J connectivity index is 1.56. The lowest BCUT2D eigenvalue weighted by Gasteiger charge is -2.45. The number of fused-ring (bicyclic) bond motifs is 2. The van der Waals surface area contributed by atoms with Crippen molar-refractivity contribution in [1.29, 1.82) is 0 Å². The van der Waals surface area contributed by atoms with Crippen LogP contribution in [-0.4, -0.2) is 92.4 Å². The van der Waals surface area contributed by atoms with Gasteiger partial charge in [0.1, 0.15) is 17.7 Å². The van der Waals surface area contributed by atoms with Crippen LogP contribution in [0.1, 0.15) is 65.8 Å². The van der Waals surface area contributed by atoms with E-state index < -0.39 is 41.3 Å². The SMILES string of the molecule is CCc1cccc2cccc(-n3c(C(F)(F)F)nc4c(N5[C@@H](C)CN(C(=O)OC(C)(C)C)C[C@@H]5C)nc(OC[C@@H]5CCCN5C)nc4c3=O)c12. The predicted octanol–water partition coefficient (Wildman–Crippen LogP) is 6.22. The number of piperazine rings is 1. The summed E-state index contributed by atoms with van der Waals surface area (Å²) in [4.78, 5) is 46.4. The van der Waals surface area contributed by atoms with Crippen LogP contribution in [0.25, 0.3) is 27.5 Å². The first-order valence-corrected chi connectivity index (χ1v) is 17.1. The highest BCUT2D eigenvalue weighted by Gasteiger charge is 2.41. The van der Waals surface area contributed by atoms with Gasteiger partial charge in [0.25, 0.3) is 5.56 Å². The Kier molecular flexibility index (Phi) is 9.44. The highest BCUT2D eigenvalue weighted by molar-refractivity contribution is 5.94. The van der Waals surface area contributed by atoms with Crippen molar-refractivity contribution in [2.45, 2.75) is 90.7 Å². The van der Waals surface area contributed by atoms with Gasteiger partial charge in [-0.2, -0.15) is 23.1 Å². The largest absolute Gasteiger partial charge is 0.462 e. The van der Waals surface area contributed by atoms with Crippen molar-refractivity contribution in [3.05, 3.63) is 58.1 Å². The molecule has 2 fully saturated rings. The molecule has 4 aromatic rings. The summed E-state index contributed by atoms with van der Waals surface area (Å²) in [5.74, 6) is -1.34. The summed E-state index contributed by atoms with van der Waals surface area (Å²) in [6.45, 7) is 12.5. The third-order valence-electron chi connectivity index (χ3n) is 9.42. The number of amides is 1. The van der Waals surface area contributed by atoms with Crippen molar-refractivity contribution in [2.75, 3.05) is 38.2 Å². The van der Waals surface area contributed by atoms with E-state index in [-0.39, 0.29) is 54.3 Å². The third kappa shape index (κ3) is 6.81. The molecule has 0 spiro atoms. The molecule has 0 saturated carbocycles. The van der Waals surface area contributed by atoms with Gasteiger partial charge in [-0.1, -0.05) is 37.3 Å². The molecule has 0 radical (unpaired) electrons. The Labute approximate surface area is 289 Å². The standard InChI is InChI=1S/C36H44F3N7O4/c1-8-23-12-9-13-24-14-10-16-26(27(23)24)46-31(47)29-28(40-32(46)36(37,38)39)30(42-33(41-29)49-20-25-15-11-17-43(25)7)45-21(2)18-44(19-22(45)3)34(48)50-35(4,5)6/h9-10,12-14,16,21-22,25H,8,11,15,17-20H2,1-7H3/t21-,22-,25-/m0/s1. The first kappa shape index (κ1) is 35.4. The lowest BCUT2D eigenvalue weighted by Crippen LogP contribution is -2.59. The van der Waals surface area contributed by atoms with Crippen LogP contribution in [0, 0.1) is 0 Å². The first-order valence-electron chi connectivity index (χ1n) is 17.1. The van der Waals surface area contributed by atoms with E-state index >= 15 is 13.2 Å². The second-order valence-corrected chi connectivity index (χ2v) is 14.3. The van der Waals surface area contributed by atoms with Gasteiger partial charge in [-0.15, -0.1) is 0 Å².